The van der Waals surface area contributed by atoms with Crippen LogP contribution in [0.2, 0.25) is 0 Å². The van der Waals surface area contributed by atoms with Crippen LogP contribution in [0.1, 0.15) is 19.4 Å². The van der Waals surface area contributed by atoms with Crippen LogP contribution in [0.4, 0.5) is 0 Å². The van der Waals surface area contributed by atoms with Gasteiger partial charge in [0.05, 0.1) is 5.71 Å². The summed E-state index contributed by atoms with van der Waals surface area (Å²) in [5, 5.41) is 3.96. The highest BCUT2D eigenvalue weighted by Crippen LogP contribution is 2.22. The Labute approximate surface area is 105 Å². The van der Waals surface area contributed by atoms with E-state index in [-0.39, 0.29) is 5.91 Å². The monoisotopic (exact) mass is 332 g/mol. The molecule has 0 unspecified atom stereocenters. The van der Waals surface area contributed by atoms with E-state index in [1.807, 2.05) is 25.1 Å². The summed E-state index contributed by atoms with van der Waals surface area (Å²) in [6.07, 6.45) is 0. The van der Waals surface area contributed by atoms with Gasteiger partial charge >= 0.3 is 0 Å². The summed E-state index contributed by atoms with van der Waals surface area (Å²) in [4.78, 5) is 10.7. The Morgan fingerprint density at radius 1 is 1.33 bits per heavy atom. The minimum atomic E-state index is -0.178. The van der Waals surface area contributed by atoms with E-state index in [9.17, 15) is 4.79 Å². The molecule has 0 saturated carbocycles. The normalized spacial score (nSPS) is 11.3. The second kappa shape index (κ2) is 5.42. The average Bonchev–Trinajstić information content (AvgIpc) is 2.14. The van der Waals surface area contributed by atoms with E-state index < -0.39 is 0 Å². The van der Waals surface area contributed by atoms with Gasteiger partial charge in [0.25, 0.3) is 0 Å². The Morgan fingerprint density at radius 3 is 2.53 bits per heavy atom. The third-order valence-electron chi connectivity index (χ3n) is 1.70. The zero-order chi connectivity index (χ0) is 11.4. The van der Waals surface area contributed by atoms with Crippen molar-refractivity contribution in [3.63, 3.8) is 0 Å². The predicted molar refractivity (Wildman–Crippen MR) is 67.9 cm³/mol. The maximum Gasteiger partial charge on any atom is 0.236 e. The summed E-state index contributed by atoms with van der Waals surface area (Å²) in [6.45, 7) is 3.26. The molecule has 80 valence electrons. The summed E-state index contributed by atoms with van der Waals surface area (Å²) in [7, 11) is 0. The molecule has 0 aromatic heterocycles. The molecule has 0 heterocycles. The molecule has 0 atom stereocenters. The van der Waals surface area contributed by atoms with Gasteiger partial charge < -0.3 is 0 Å². The first kappa shape index (κ1) is 12.4. The number of hydrogen-bond donors (Lipinski definition) is 1. The van der Waals surface area contributed by atoms with Crippen LogP contribution >= 0.6 is 31.9 Å². The minimum Gasteiger partial charge on any atom is -0.274 e. The molecule has 1 N–H and O–H groups in total. The molecular formula is C10H10Br2N2O. The van der Waals surface area contributed by atoms with Crippen LogP contribution in [-0.4, -0.2) is 11.6 Å². The number of halogens is 2. The van der Waals surface area contributed by atoms with Crippen LogP contribution in [-0.2, 0) is 4.79 Å². The number of hydrogen-bond acceptors (Lipinski definition) is 2. The lowest BCUT2D eigenvalue weighted by molar-refractivity contribution is -0.118. The van der Waals surface area contributed by atoms with Crippen LogP contribution in [0, 0.1) is 0 Å². The van der Waals surface area contributed by atoms with E-state index in [2.05, 4.69) is 42.4 Å². The van der Waals surface area contributed by atoms with Gasteiger partial charge in [-0.1, -0.05) is 37.9 Å². The third kappa shape index (κ3) is 3.76. The van der Waals surface area contributed by atoms with Crippen molar-refractivity contribution in [2.75, 3.05) is 0 Å². The quantitative estimate of drug-likeness (QED) is 0.656. The fourth-order valence-electron chi connectivity index (χ4n) is 1.01. The molecule has 0 fully saturated rings. The third-order valence-corrected chi connectivity index (χ3v) is 2.85. The Morgan fingerprint density at radius 2 is 2.00 bits per heavy atom. The molecule has 0 aliphatic rings. The standard InChI is InChI=1S/C10H10Br2N2O/c1-6(13-14-7(2)15)9-4-3-8(11)5-10(9)12/h3-5H,1-2H3,(H,14,15)/b13-6+. The van der Waals surface area contributed by atoms with Gasteiger partial charge in [0.15, 0.2) is 0 Å². The van der Waals surface area contributed by atoms with Crippen molar-refractivity contribution in [2.24, 2.45) is 5.10 Å². The molecule has 1 amide bonds. The van der Waals surface area contributed by atoms with E-state index in [1.54, 1.807) is 0 Å². The topological polar surface area (TPSA) is 41.5 Å². The molecule has 3 nitrogen and oxygen atoms in total. The predicted octanol–water partition coefficient (Wildman–Crippen LogP) is 3.07. The van der Waals surface area contributed by atoms with Gasteiger partial charge in [-0.25, -0.2) is 5.43 Å². The van der Waals surface area contributed by atoms with E-state index in [0.717, 1.165) is 20.2 Å². The van der Waals surface area contributed by atoms with Crippen LogP contribution in [0.25, 0.3) is 0 Å². The summed E-state index contributed by atoms with van der Waals surface area (Å²) in [6, 6.07) is 5.78. The second-order valence-corrected chi connectivity index (χ2v) is 4.76. The maximum atomic E-state index is 10.7. The number of rotatable bonds is 2. The maximum absolute atomic E-state index is 10.7. The Kier molecular flexibility index (Phi) is 4.47. The highest BCUT2D eigenvalue weighted by Gasteiger charge is 2.03. The lowest BCUT2D eigenvalue weighted by Crippen LogP contribution is -2.15. The SMILES string of the molecule is CC(=O)N/N=C(\C)c1ccc(Br)cc1Br. The van der Waals surface area contributed by atoms with Crippen molar-refractivity contribution >= 4 is 43.5 Å². The van der Waals surface area contributed by atoms with Gasteiger partial charge in [0.1, 0.15) is 0 Å². The molecule has 0 spiro atoms. The highest BCUT2D eigenvalue weighted by molar-refractivity contribution is 9.11. The second-order valence-electron chi connectivity index (χ2n) is 2.99. The zero-order valence-corrected chi connectivity index (χ0v) is 11.5. The highest BCUT2D eigenvalue weighted by atomic mass is 79.9. The largest absolute Gasteiger partial charge is 0.274 e. The van der Waals surface area contributed by atoms with E-state index in [4.69, 9.17) is 0 Å². The minimum absolute atomic E-state index is 0.178. The van der Waals surface area contributed by atoms with Gasteiger partial charge in [-0.3, -0.25) is 4.79 Å². The molecule has 5 heteroatoms. The number of carbonyl (C=O) groups excluding carboxylic acids is 1. The number of hydrazone groups is 1. The van der Waals surface area contributed by atoms with Crippen molar-refractivity contribution in [2.45, 2.75) is 13.8 Å². The molecule has 0 aliphatic heterocycles. The lowest BCUT2D eigenvalue weighted by Gasteiger charge is -2.04. The molecular weight excluding hydrogens is 324 g/mol. The molecule has 1 aromatic rings. The molecule has 1 rings (SSSR count). The summed E-state index contributed by atoms with van der Waals surface area (Å²) >= 11 is 6.80. The Hall–Kier alpha value is -0.680. The van der Waals surface area contributed by atoms with Gasteiger partial charge in [-0.2, -0.15) is 5.10 Å². The number of nitrogens with zero attached hydrogens (tertiary/aromatic N) is 1. The van der Waals surface area contributed by atoms with Crippen molar-refractivity contribution in [3.05, 3.63) is 32.7 Å². The summed E-state index contributed by atoms with van der Waals surface area (Å²) < 4.78 is 1.92. The first-order chi connectivity index (χ1) is 7.00. The smallest absolute Gasteiger partial charge is 0.236 e. The fraction of sp³-hybridized carbons (Fsp3) is 0.200. The van der Waals surface area contributed by atoms with Gasteiger partial charge in [0.2, 0.25) is 5.91 Å². The van der Waals surface area contributed by atoms with Crippen LogP contribution < -0.4 is 5.43 Å². The molecule has 15 heavy (non-hydrogen) atoms. The molecule has 0 aliphatic carbocycles. The van der Waals surface area contributed by atoms with Gasteiger partial charge in [-0.05, 0) is 19.1 Å². The molecule has 0 bridgehead atoms. The van der Waals surface area contributed by atoms with Crippen molar-refractivity contribution < 1.29 is 4.79 Å². The fourth-order valence-corrected chi connectivity index (χ4v) is 2.34. The Balaban J connectivity index is 2.95. The van der Waals surface area contributed by atoms with Crippen molar-refractivity contribution in [1.29, 1.82) is 0 Å². The number of nitrogens with one attached hydrogen (secondary N) is 1. The van der Waals surface area contributed by atoms with Crippen molar-refractivity contribution in [3.8, 4) is 0 Å². The van der Waals surface area contributed by atoms with Gasteiger partial charge in [-0.15, -0.1) is 0 Å². The van der Waals surface area contributed by atoms with Gasteiger partial charge in [0, 0.05) is 21.4 Å². The summed E-state index contributed by atoms with van der Waals surface area (Å²) in [5.74, 6) is -0.178. The molecule has 1 aromatic carbocycles. The number of benzene rings is 1. The van der Waals surface area contributed by atoms with E-state index in [1.165, 1.54) is 6.92 Å². The molecule has 0 radical (unpaired) electrons. The number of carbonyl (C=O) groups is 1. The van der Waals surface area contributed by atoms with Crippen LogP contribution in [0.3, 0.4) is 0 Å². The van der Waals surface area contributed by atoms with Crippen molar-refractivity contribution in [1.82, 2.24) is 5.43 Å². The van der Waals surface area contributed by atoms with Crippen LogP contribution in [0.5, 0.6) is 0 Å². The first-order valence-electron chi connectivity index (χ1n) is 4.27. The zero-order valence-electron chi connectivity index (χ0n) is 8.34. The Bertz CT molecular complexity index is 416. The van der Waals surface area contributed by atoms with E-state index >= 15 is 0 Å². The first-order valence-corrected chi connectivity index (χ1v) is 5.85. The van der Waals surface area contributed by atoms with Crippen LogP contribution in [0.15, 0.2) is 32.2 Å². The number of amides is 1. The summed E-state index contributed by atoms with van der Waals surface area (Å²) in [5.41, 5.74) is 4.11. The average molecular weight is 334 g/mol. The van der Waals surface area contributed by atoms with E-state index in [0.29, 0.717) is 0 Å². The lowest BCUT2D eigenvalue weighted by atomic mass is 10.1. The molecule has 0 saturated heterocycles.